The number of aromatic nitrogens is 1. The number of hydrazine groups is 1. The van der Waals surface area contributed by atoms with Gasteiger partial charge in [0.25, 0.3) is 5.91 Å². The molecule has 3 aromatic rings. The number of ether oxygens (including phenoxy) is 1. The van der Waals surface area contributed by atoms with Crippen molar-refractivity contribution in [3.8, 4) is 0 Å². The van der Waals surface area contributed by atoms with E-state index in [-0.39, 0.29) is 5.91 Å². The molecule has 1 fully saturated rings. The summed E-state index contributed by atoms with van der Waals surface area (Å²) in [4.78, 5) is 19.5. The molecule has 4 rings (SSSR count). The van der Waals surface area contributed by atoms with E-state index in [1.807, 2.05) is 66.7 Å². The Morgan fingerprint density at radius 3 is 2.04 bits per heavy atom. The number of hydrogen-bond donors (Lipinski definition) is 1. The number of carbonyl (C=O) groups is 1. The molecule has 1 saturated heterocycles. The highest BCUT2D eigenvalue weighted by atomic mass is 16.5. The molecule has 0 spiro atoms. The molecule has 2 aromatic carbocycles. The van der Waals surface area contributed by atoms with E-state index in [1.54, 1.807) is 17.3 Å². The van der Waals surface area contributed by atoms with Crippen LogP contribution in [-0.2, 0) is 4.74 Å². The number of nitrogens with one attached hydrogen (secondary N) is 1. The first kappa shape index (κ1) is 18.0. The number of pyridine rings is 1. The van der Waals surface area contributed by atoms with Crippen LogP contribution in [0.1, 0.15) is 10.4 Å². The van der Waals surface area contributed by atoms with E-state index in [0.29, 0.717) is 18.8 Å². The van der Waals surface area contributed by atoms with Crippen LogP contribution in [0.5, 0.6) is 0 Å². The van der Waals surface area contributed by atoms with Crippen LogP contribution in [0.4, 0.5) is 17.2 Å². The first-order valence-corrected chi connectivity index (χ1v) is 9.31. The quantitative estimate of drug-likeness (QED) is 0.694. The SMILES string of the molecule is O=C(NN(c1ccccc1)c1ccccc1)c1ccc(N2CCOCC2)nc1. The second kappa shape index (κ2) is 8.54. The zero-order chi connectivity index (χ0) is 19.2. The van der Waals surface area contributed by atoms with Gasteiger partial charge < -0.3 is 9.64 Å². The molecule has 1 aliphatic rings. The normalized spacial score (nSPS) is 13.8. The average Bonchev–Trinajstić information content (AvgIpc) is 2.79. The van der Waals surface area contributed by atoms with Crippen molar-refractivity contribution in [3.63, 3.8) is 0 Å². The lowest BCUT2D eigenvalue weighted by atomic mass is 10.2. The number of rotatable bonds is 5. The minimum atomic E-state index is -0.214. The molecule has 1 aliphatic heterocycles. The van der Waals surface area contributed by atoms with E-state index < -0.39 is 0 Å². The molecular weight excluding hydrogens is 352 g/mol. The molecule has 6 heteroatoms. The lowest BCUT2D eigenvalue weighted by Gasteiger charge is -2.28. The summed E-state index contributed by atoms with van der Waals surface area (Å²) < 4.78 is 5.37. The molecule has 6 nitrogen and oxygen atoms in total. The Kier molecular flexibility index (Phi) is 5.49. The van der Waals surface area contributed by atoms with Crippen molar-refractivity contribution < 1.29 is 9.53 Å². The van der Waals surface area contributed by atoms with Crippen molar-refractivity contribution in [2.24, 2.45) is 0 Å². The smallest absolute Gasteiger partial charge is 0.271 e. The lowest BCUT2D eigenvalue weighted by molar-refractivity contribution is 0.0953. The second-order valence-electron chi connectivity index (χ2n) is 6.45. The topological polar surface area (TPSA) is 57.7 Å². The number of hydrogen-bond acceptors (Lipinski definition) is 5. The fourth-order valence-corrected chi connectivity index (χ4v) is 3.10. The molecule has 0 bridgehead atoms. The molecule has 142 valence electrons. The number of para-hydroxylation sites is 2. The predicted molar refractivity (Wildman–Crippen MR) is 110 cm³/mol. The van der Waals surface area contributed by atoms with Crippen molar-refractivity contribution in [1.29, 1.82) is 0 Å². The van der Waals surface area contributed by atoms with Gasteiger partial charge in [0.15, 0.2) is 0 Å². The molecule has 0 aliphatic carbocycles. The third kappa shape index (κ3) is 4.13. The summed E-state index contributed by atoms with van der Waals surface area (Å²) in [6.45, 7) is 3.03. The molecule has 1 N–H and O–H groups in total. The van der Waals surface area contributed by atoms with Gasteiger partial charge >= 0.3 is 0 Å². The number of morpholine rings is 1. The minimum absolute atomic E-state index is 0.214. The van der Waals surface area contributed by atoms with Gasteiger partial charge in [0.05, 0.1) is 30.2 Å². The van der Waals surface area contributed by atoms with Gasteiger partial charge in [-0.25, -0.2) is 4.98 Å². The fourth-order valence-electron chi connectivity index (χ4n) is 3.10. The standard InChI is InChI=1S/C22H22N4O2/c27-22(18-11-12-21(23-17-18)25-13-15-28-16-14-25)24-26(19-7-3-1-4-8-19)20-9-5-2-6-10-20/h1-12,17H,13-16H2,(H,24,27). The van der Waals surface area contributed by atoms with E-state index in [9.17, 15) is 4.79 Å². The lowest BCUT2D eigenvalue weighted by Crippen LogP contribution is -2.39. The van der Waals surface area contributed by atoms with E-state index in [4.69, 9.17) is 4.74 Å². The highest BCUT2D eigenvalue weighted by Gasteiger charge is 2.16. The molecule has 0 radical (unpaired) electrons. The molecule has 0 unspecified atom stereocenters. The van der Waals surface area contributed by atoms with Gasteiger partial charge in [0.2, 0.25) is 0 Å². The predicted octanol–water partition coefficient (Wildman–Crippen LogP) is 3.40. The summed E-state index contributed by atoms with van der Waals surface area (Å²) in [5, 5.41) is 1.78. The number of carbonyl (C=O) groups excluding carboxylic acids is 1. The summed E-state index contributed by atoms with van der Waals surface area (Å²) >= 11 is 0. The molecule has 28 heavy (non-hydrogen) atoms. The van der Waals surface area contributed by atoms with Crippen LogP contribution in [0.15, 0.2) is 79.0 Å². The summed E-state index contributed by atoms with van der Waals surface area (Å²) in [5.41, 5.74) is 5.24. The largest absolute Gasteiger partial charge is 0.378 e. The molecule has 0 atom stereocenters. The van der Waals surface area contributed by atoms with Crippen LogP contribution in [0.2, 0.25) is 0 Å². The molecule has 2 heterocycles. The molecule has 1 aromatic heterocycles. The minimum Gasteiger partial charge on any atom is -0.378 e. The van der Waals surface area contributed by atoms with E-state index in [0.717, 1.165) is 30.3 Å². The van der Waals surface area contributed by atoms with Crippen molar-refractivity contribution in [2.75, 3.05) is 36.2 Å². The summed E-state index contributed by atoms with van der Waals surface area (Å²) in [6.07, 6.45) is 1.62. The molecule has 0 saturated carbocycles. The maximum absolute atomic E-state index is 12.9. The third-order valence-electron chi connectivity index (χ3n) is 4.59. The summed E-state index contributed by atoms with van der Waals surface area (Å²) in [5.74, 6) is 0.650. The van der Waals surface area contributed by atoms with Gasteiger partial charge in [-0.15, -0.1) is 0 Å². The zero-order valence-electron chi connectivity index (χ0n) is 15.5. The van der Waals surface area contributed by atoms with Gasteiger partial charge in [-0.1, -0.05) is 36.4 Å². The number of amides is 1. The Balaban J connectivity index is 1.53. The average molecular weight is 374 g/mol. The first-order valence-electron chi connectivity index (χ1n) is 9.31. The van der Waals surface area contributed by atoms with Gasteiger partial charge in [0.1, 0.15) is 5.82 Å². The van der Waals surface area contributed by atoms with Crippen LogP contribution in [0.3, 0.4) is 0 Å². The van der Waals surface area contributed by atoms with Crippen molar-refractivity contribution in [3.05, 3.63) is 84.6 Å². The number of benzene rings is 2. The Hall–Kier alpha value is -3.38. The number of anilines is 3. The highest BCUT2D eigenvalue weighted by Crippen LogP contribution is 2.23. The Bertz CT molecular complexity index is 855. The van der Waals surface area contributed by atoms with Gasteiger partial charge in [0, 0.05) is 19.3 Å². The van der Waals surface area contributed by atoms with Gasteiger partial charge in [-0.2, -0.15) is 0 Å². The number of nitrogens with zero attached hydrogens (tertiary/aromatic N) is 3. The van der Waals surface area contributed by atoms with Gasteiger partial charge in [-0.05, 0) is 36.4 Å². The summed E-state index contributed by atoms with van der Waals surface area (Å²) in [6, 6.07) is 23.2. The fraction of sp³-hybridized carbons (Fsp3) is 0.182. The zero-order valence-corrected chi connectivity index (χ0v) is 15.5. The second-order valence-corrected chi connectivity index (χ2v) is 6.45. The highest BCUT2D eigenvalue weighted by molar-refractivity contribution is 5.96. The monoisotopic (exact) mass is 374 g/mol. The Morgan fingerprint density at radius 1 is 0.893 bits per heavy atom. The maximum atomic E-state index is 12.9. The van der Waals surface area contributed by atoms with Crippen LogP contribution < -0.4 is 15.3 Å². The molecular formula is C22H22N4O2. The van der Waals surface area contributed by atoms with Crippen molar-refractivity contribution in [1.82, 2.24) is 10.4 Å². The van der Waals surface area contributed by atoms with Crippen LogP contribution >= 0.6 is 0 Å². The van der Waals surface area contributed by atoms with Crippen LogP contribution in [0.25, 0.3) is 0 Å². The molecule has 1 amide bonds. The van der Waals surface area contributed by atoms with Crippen molar-refractivity contribution in [2.45, 2.75) is 0 Å². The Labute approximate surface area is 164 Å². The van der Waals surface area contributed by atoms with E-state index in [1.165, 1.54) is 0 Å². The van der Waals surface area contributed by atoms with Crippen LogP contribution in [-0.4, -0.2) is 37.2 Å². The Morgan fingerprint density at radius 2 is 1.50 bits per heavy atom. The van der Waals surface area contributed by atoms with E-state index in [2.05, 4.69) is 15.3 Å². The third-order valence-corrected chi connectivity index (χ3v) is 4.59. The first-order chi connectivity index (χ1) is 13.8. The van der Waals surface area contributed by atoms with Crippen LogP contribution in [0, 0.1) is 0 Å². The van der Waals surface area contributed by atoms with Gasteiger partial charge in [-0.3, -0.25) is 15.2 Å². The summed E-state index contributed by atoms with van der Waals surface area (Å²) in [7, 11) is 0. The maximum Gasteiger partial charge on any atom is 0.271 e. The van der Waals surface area contributed by atoms with E-state index >= 15 is 0 Å². The van der Waals surface area contributed by atoms with Crippen molar-refractivity contribution >= 4 is 23.1 Å².